The van der Waals surface area contributed by atoms with Gasteiger partial charge in [0, 0.05) is 19.3 Å². The summed E-state index contributed by atoms with van der Waals surface area (Å²) in [6.07, 6.45) is 85.3. The average Bonchev–Trinajstić information content (AvgIpc) is 3.44. The van der Waals surface area contributed by atoms with Crippen LogP contribution in [-0.2, 0) is 28.6 Å². The number of carbonyl (C=O) groups is 3. The molecule has 0 amide bonds. The Morgan fingerprint density at radius 3 is 0.808 bits per heavy atom. The van der Waals surface area contributed by atoms with E-state index in [1.807, 2.05) is 0 Å². The molecule has 0 aromatic carbocycles. The number of unbranched alkanes of at least 4 members (excludes halogenated alkanes) is 42. The first-order chi connectivity index (χ1) is 38.5. The van der Waals surface area contributed by atoms with Gasteiger partial charge in [0.2, 0.25) is 0 Å². The molecular weight excluding hydrogens is 961 g/mol. The quantitative estimate of drug-likeness (QED) is 0.0261. The van der Waals surface area contributed by atoms with E-state index in [-0.39, 0.29) is 31.1 Å². The molecule has 0 aliphatic rings. The lowest BCUT2D eigenvalue weighted by Crippen LogP contribution is -2.30. The molecule has 1 atom stereocenters. The van der Waals surface area contributed by atoms with E-state index in [2.05, 4.69) is 81.5 Å². The van der Waals surface area contributed by atoms with E-state index in [1.165, 1.54) is 225 Å². The predicted molar refractivity (Wildman–Crippen MR) is 339 cm³/mol. The van der Waals surface area contributed by atoms with E-state index in [0.717, 1.165) is 96.3 Å². The van der Waals surface area contributed by atoms with Gasteiger partial charge in [-0.05, 0) is 83.5 Å². The summed E-state index contributed by atoms with van der Waals surface area (Å²) in [5.74, 6) is -0.873. The third-order valence-electron chi connectivity index (χ3n) is 15.3. The highest BCUT2D eigenvalue weighted by atomic mass is 16.6. The Morgan fingerprint density at radius 2 is 0.500 bits per heavy atom. The van der Waals surface area contributed by atoms with Crippen molar-refractivity contribution in [2.45, 2.75) is 367 Å². The number of ether oxygens (including phenoxy) is 3. The van der Waals surface area contributed by atoms with E-state index >= 15 is 0 Å². The highest BCUT2D eigenvalue weighted by Gasteiger charge is 2.19. The highest BCUT2D eigenvalue weighted by Crippen LogP contribution is 2.18. The number of carbonyl (C=O) groups excluding carboxylic acids is 3. The summed E-state index contributed by atoms with van der Waals surface area (Å²) in [4.78, 5) is 38.4. The van der Waals surface area contributed by atoms with Crippen molar-refractivity contribution in [3.05, 3.63) is 60.8 Å². The summed E-state index contributed by atoms with van der Waals surface area (Å²) < 4.78 is 17.0. The van der Waals surface area contributed by atoms with Crippen LogP contribution in [0.3, 0.4) is 0 Å². The Kier molecular flexibility index (Phi) is 64.2. The van der Waals surface area contributed by atoms with E-state index in [4.69, 9.17) is 14.2 Å². The van der Waals surface area contributed by atoms with Crippen molar-refractivity contribution in [3.63, 3.8) is 0 Å². The molecule has 0 rings (SSSR count). The molecule has 0 radical (unpaired) electrons. The van der Waals surface area contributed by atoms with Crippen molar-refractivity contribution in [2.75, 3.05) is 13.2 Å². The minimum absolute atomic E-state index is 0.0766. The van der Waals surface area contributed by atoms with Crippen LogP contribution in [0.25, 0.3) is 0 Å². The number of rotatable bonds is 63. The maximum atomic E-state index is 12.9. The van der Waals surface area contributed by atoms with Crippen molar-refractivity contribution >= 4 is 17.9 Å². The van der Waals surface area contributed by atoms with E-state index in [0.29, 0.717) is 19.3 Å². The van der Waals surface area contributed by atoms with E-state index in [9.17, 15) is 14.4 Å². The lowest BCUT2D eigenvalue weighted by atomic mass is 10.0. The van der Waals surface area contributed by atoms with Gasteiger partial charge in [0.25, 0.3) is 0 Å². The summed E-state index contributed by atoms with van der Waals surface area (Å²) in [6.45, 7) is 6.56. The number of hydrogen-bond acceptors (Lipinski definition) is 6. The summed E-state index contributed by atoms with van der Waals surface area (Å²) in [6, 6.07) is 0. The van der Waals surface area contributed by atoms with Gasteiger partial charge in [-0.1, -0.05) is 319 Å². The van der Waals surface area contributed by atoms with Crippen LogP contribution in [-0.4, -0.2) is 37.2 Å². The van der Waals surface area contributed by atoms with E-state index < -0.39 is 6.10 Å². The first-order valence-electron chi connectivity index (χ1n) is 34.3. The molecule has 0 bridgehead atoms. The zero-order chi connectivity index (χ0) is 56.4. The maximum absolute atomic E-state index is 12.9. The molecule has 0 aromatic rings. The normalized spacial score (nSPS) is 12.4. The fraction of sp³-hybridized carbons (Fsp3) is 0.819. The largest absolute Gasteiger partial charge is 0.462 e. The number of esters is 3. The van der Waals surface area contributed by atoms with Crippen molar-refractivity contribution in [3.8, 4) is 0 Å². The Balaban J connectivity index is 4.25. The molecule has 0 spiro atoms. The fourth-order valence-corrected chi connectivity index (χ4v) is 10.1. The minimum Gasteiger partial charge on any atom is -0.462 e. The van der Waals surface area contributed by atoms with Crippen molar-refractivity contribution in [1.29, 1.82) is 0 Å². The molecule has 0 aliphatic carbocycles. The second-order valence-electron chi connectivity index (χ2n) is 23.1. The Morgan fingerprint density at radius 1 is 0.269 bits per heavy atom. The SMILES string of the molecule is CC/C=C\C/C=C\C/C=C\C/C=C\CCCCCCCCCCC(=O)OC(COC(=O)CCCCCCC/C=C\CCCCCC)COC(=O)CCCCCCCCCCCCCCCCCCCCCCCCCCCC. The Bertz CT molecular complexity index is 1390. The molecule has 6 nitrogen and oxygen atoms in total. The third-order valence-corrected chi connectivity index (χ3v) is 15.3. The third kappa shape index (κ3) is 63.9. The van der Waals surface area contributed by atoms with E-state index in [1.54, 1.807) is 0 Å². The predicted octanol–water partition coefficient (Wildman–Crippen LogP) is 23.5. The standard InChI is InChI=1S/C72H130O6/c1-4-7-10-13-16-19-22-25-27-29-31-33-34-35-36-37-39-40-42-44-47-50-53-56-59-62-65-71(74)77-68-69(67-76-70(73)64-61-58-55-52-49-46-24-21-18-15-12-9-6-3)78-72(75)66-63-60-57-54-51-48-45-43-41-38-32-30-28-26-23-20-17-14-11-8-5-2/h8,11,17,20-21,24,26,28,32,38,69H,4-7,9-10,12-16,18-19,22-23,25,27,29-31,33-37,39-68H2,1-3H3/b11-8-,20-17-,24-21-,28-26-,38-32-. The lowest BCUT2D eigenvalue weighted by molar-refractivity contribution is -0.167. The van der Waals surface area contributed by atoms with Gasteiger partial charge in [0.15, 0.2) is 6.10 Å². The Hall–Kier alpha value is -2.89. The minimum atomic E-state index is -0.782. The zero-order valence-electron chi connectivity index (χ0n) is 52.2. The van der Waals surface area contributed by atoms with Crippen LogP contribution in [0.15, 0.2) is 60.8 Å². The van der Waals surface area contributed by atoms with Crippen molar-refractivity contribution in [2.24, 2.45) is 0 Å². The van der Waals surface area contributed by atoms with Crippen LogP contribution in [0, 0.1) is 0 Å². The zero-order valence-corrected chi connectivity index (χ0v) is 52.2. The van der Waals surface area contributed by atoms with Crippen molar-refractivity contribution < 1.29 is 28.6 Å². The summed E-state index contributed by atoms with van der Waals surface area (Å²) in [5, 5.41) is 0. The molecule has 0 heterocycles. The molecule has 454 valence electrons. The van der Waals surface area contributed by atoms with Crippen LogP contribution in [0.4, 0.5) is 0 Å². The lowest BCUT2D eigenvalue weighted by Gasteiger charge is -2.18. The smallest absolute Gasteiger partial charge is 0.306 e. The molecule has 0 saturated carbocycles. The highest BCUT2D eigenvalue weighted by molar-refractivity contribution is 5.71. The van der Waals surface area contributed by atoms with Gasteiger partial charge < -0.3 is 14.2 Å². The van der Waals surface area contributed by atoms with Crippen LogP contribution >= 0.6 is 0 Å². The van der Waals surface area contributed by atoms with Gasteiger partial charge in [-0.25, -0.2) is 0 Å². The molecule has 0 saturated heterocycles. The molecule has 78 heavy (non-hydrogen) atoms. The second kappa shape index (κ2) is 66.6. The first-order valence-corrected chi connectivity index (χ1v) is 34.3. The van der Waals surface area contributed by atoms with Crippen LogP contribution in [0.5, 0.6) is 0 Å². The van der Waals surface area contributed by atoms with Gasteiger partial charge in [-0.3, -0.25) is 14.4 Å². The summed E-state index contributed by atoms with van der Waals surface area (Å²) in [5.41, 5.74) is 0. The van der Waals surface area contributed by atoms with Gasteiger partial charge in [-0.15, -0.1) is 0 Å². The molecule has 0 N–H and O–H groups in total. The second-order valence-corrected chi connectivity index (χ2v) is 23.1. The van der Waals surface area contributed by atoms with Gasteiger partial charge in [0.1, 0.15) is 13.2 Å². The number of hydrogen-bond donors (Lipinski definition) is 0. The summed E-state index contributed by atoms with van der Waals surface area (Å²) >= 11 is 0. The van der Waals surface area contributed by atoms with Crippen molar-refractivity contribution in [1.82, 2.24) is 0 Å². The maximum Gasteiger partial charge on any atom is 0.306 e. The van der Waals surface area contributed by atoms with Crippen LogP contribution in [0.2, 0.25) is 0 Å². The molecule has 1 unspecified atom stereocenters. The first kappa shape index (κ1) is 75.1. The van der Waals surface area contributed by atoms with Crippen LogP contribution < -0.4 is 0 Å². The monoisotopic (exact) mass is 1090 g/mol. The molecule has 0 fully saturated rings. The average molecular weight is 1090 g/mol. The topological polar surface area (TPSA) is 78.9 Å². The molecule has 0 aromatic heterocycles. The Labute approximate surface area is 485 Å². The van der Waals surface area contributed by atoms with Gasteiger partial charge in [0.05, 0.1) is 0 Å². The van der Waals surface area contributed by atoms with Gasteiger partial charge in [-0.2, -0.15) is 0 Å². The fourth-order valence-electron chi connectivity index (χ4n) is 10.1. The van der Waals surface area contributed by atoms with Crippen LogP contribution in [0.1, 0.15) is 361 Å². The molecular formula is C72H130O6. The number of allylic oxidation sites excluding steroid dienone is 10. The van der Waals surface area contributed by atoms with Gasteiger partial charge >= 0.3 is 17.9 Å². The summed E-state index contributed by atoms with van der Waals surface area (Å²) in [7, 11) is 0. The molecule has 6 heteroatoms. The molecule has 0 aliphatic heterocycles.